The number of methoxy groups -OCH3 is 1. The van der Waals surface area contributed by atoms with Gasteiger partial charge in [-0.3, -0.25) is 4.90 Å². The molecule has 2 aliphatic rings. The molecular weight excluding hydrogens is 412 g/mol. The third-order valence-electron chi connectivity index (χ3n) is 5.79. The molecule has 180 valence electrons. The molecule has 5 atom stereocenters. The molecule has 1 saturated heterocycles. The van der Waals surface area contributed by atoms with Gasteiger partial charge in [0.05, 0.1) is 13.2 Å². The summed E-state index contributed by atoms with van der Waals surface area (Å²) in [5.41, 5.74) is -0.903. The molecule has 8 heteroatoms. The van der Waals surface area contributed by atoms with Crippen molar-refractivity contribution in [2.75, 3.05) is 7.11 Å². The molecule has 0 aromatic carbocycles. The first-order chi connectivity index (χ1) is 14.8. The molecule has 0 aromatic heterocycles. The highest BCUT2D eigenvalue weighted by atomic mass is 16.6. The number of nitrogens with one attached hydrogen (secondary N) is 1. The van der Waals surface area contributed by atoms with E-state index in [-0.39, 0.29) is 29.5 Å². The molecule has 0 spiro atoms. The van der Waals surface area contributed by atoms with Crippen LogP contribution in [0, 0.1) is 23.7 Å². The van der Waals surface area contributed by atoms with E-state index < -0.39 is 29.8 Å². The Morgan fingerprint density at radius 1 is 1.16 bits per heavy atom. The Balaban J connectivity index is 2.15. The molecule has 1 heterocycles. The number of ether oxygens (including phenoxy) is 3. The Morgan fingerprint density at radius 2 is 1.81 bits per heavy atom. The molecule has 1 saturated carbocycles. The zero-order chi connectivity index (χ0) is 24.3. The van der Waals surface area contributed by atoms with E-state index in [1.807, 2.05) is 20.8 Å². The van der Waals surface area contributed by atoms with Crippen molar-refractivity contribution in [3.63, 3.8) is 0 Å². The lowest BCUT2D eigenvalue weighted by Gasteiger charge is -2.37. The van der Waals surface area contributed by atoms with Gasteiger partial charge in [-0.25, -0.2) is 14.4 Å². The lowest BCUT2D eigenvalue weighted by atomic mass is 9.82. The smallest absolute Gasteiger partial charge is 0.410 e. The summed E-state index contributed by atoms with van der Waals surface area (Å²) in [6.45, 7) is 11.3. The van der Waals surface area contributed by atoms with Gasteiger partial charge < -0.3 is 19.5 Å². The predicted octanol–water partition coefficient (Wildman–Crippen LogP) is 3.87. The molecule has 2 rings (SSSR count). The third-order valence-corrected chi connectivity index (χ3v) is 5.79. The van der Waals surface area contributed by atoms with Crippen molar-refractivity contribution in [2.45, 2.75) is 103 Å². The van der Waals surface area contributed by atoms with Crippen LogP contribution in [0.4, 0.5) is 9.59 Å². The second kappa shape index (κ2) is 10.0. The van der Waals surface area contributed by atoms with Gasteiger partial charge in [0.25, 0.3) is 0 Å². The van der Waals surface area contributed by atoms with Gasteiger partial charge in [-0.05, 0) is 58.3 Å². The van der Waals surface area contributed by atoms with Crippen molar-refractivity contribution >= 4 is 18.2 Å². The van der Waals surface area contributed by atoms with E-state index in [9.17, 15) is 14.4 Å². The van der Waals surface area contributed by atoms with Crippen LogP contribution in [0.2, 0.25) is 0 Å². The molecule has 32 heavy (non-hydrogen) atoms. The SMILES string of the molecule is C#CC1C[C@H]2[C@@H](OC(=O)C(CC(C)(C)C)NC(=O)OC(C)(C)C)CCC[C@H]2N1C(=O)OC. The van der Waals surface area contributed by atoms with Crippen LogP contribution >= 0.6 is 0 Å². The number of esters is 1. The summed E-state index contributed by atoms with van der Waals surface area (Å²) in [5, 5.41) is 2.68. The number of rotatable bonds is 4. The van der Waals surface area contributed by atoms with Gasteiger partial charge in [-0.2, -0.15) is 0 Å². The number of terminal acetylenes is 1. The number of fused-ring (bicyclic) bond motifs is 1. The van der Waals surface area contributed by atoms with Crippen LogP contribution in [-0.4, -0.2) is 60.0 Å². The van der Waals surface area contributed by atoms with Crippen LogP contribution in [0.5, 0.6) is 0 Å². The quantitative estimate of drug-likeness (QED) is 0.397. The van der Waals surface area contributed by atoms with Gasteiger partial charge in [0.2, 0.25) is 0 Å². The zero-order valence-electron chi connectivity index (χ0n) is 20.4. The van der Waals surface area contributed by atoms with Crippen LogP contribution < -0.4 is 5.32 Å². The third kappa shape index (κ3) is 6.78. The molecule has 8 nitrogen and oxygen atoms in total. The minimum atomic E-state index is -0.841. The largest absolute Gasteiger partial charge is 0.460 e. The topological polar surface area (TPSA) is 94.2 Å². The highest BCUT2D eigenvalue weighted by molar-refractivity contribution is 5.81. The number of alkyl carbamates (subject to hydrolysis) is 1. The zero-order valence-corrected chi connectivity index (χ0v) is 20.4. The molecule has 0 bridgehead atoms. The lowest BCUT2D eigenvalue weighted by molar-refractivity contribution is -0.157. The molecule has 2 unspecified atom stereocenters. The van der Waals surface area contributed by atoms with Crippen molar-refractivity contribution in [3.8, 4) is 12.3 Å². The highest BCUT2D eigenvalue weighted by Crippen LogP contribution is 2.41. The molecule has 2 amide bonds. The fourth-order valence-electron chi connectivity index (χ4n) is 4.61. The molecule has 1 aliphatic heterocycles. The van der Waals surface area contributed by atoms with E-state index in [4.69, 9.17) is 20.6 Å². The van der Waals surface area contributed by atoms with Crippen molar-refractivity contribution in [1.82, 2.24) is 10.2 Å². The van der Waals surface area contributed by atoms with E-state index >= 15 is 0 Å². The minimum Gasteiger partial charge on any atom is -0.460 e. The first-order valence-corrected chi connectivity index (χ1v) is 11.3. The van der Waals surface area contributed by atoms with Crippen LogP contribution in [0.3, 0.4) is 0 Å². The average molecular weight is 451 g/mol. The first kappa shape index (κ1) is 25.8. The minimum absolute atomic E-state index is 0.0651. The molecular formula is C24H38N2O6. The average Bonchev–Trinajstić information content (AvgIpc) is 3.04. The molecule has 1 N–H and O–H groups in total. The normalized spacial score (nSPS) is 26.4. The first-order valence-electron chi connectivity index (χ1n) is 11.3. The van der Waals surface area contributed by atoms with Gasteiger partial charge in [0.1, 0.15) is 17.7 Å². The summed E-state index contributed by atoms with van der Waals surface area (Å²) in [4.78, 5) is 39.4. The Hall–Kier alpha value is -2.43. The Labute approximate surface area is 191 Å². The molecule has 1 aliphatic carbocycles. The highest BCUT2D eigenvalue weighted by Gasteiger charge is 2.50. The fourth-order valence-corrected chi connectivity index (χ4v) is 4.61. The number of hydrogen-bond acceptors (Lipinski definition) is 6. The Bertz CT molecular complexity index is 745. The number of amides is 2. The fraction of sp³-hybridized carbons (Fsp3) is 0.792. The molecule has 0 aromatic rings. The van der Waals surface area contributed by atoms with E-state index in [0.29, 0.717) is 19.3 Å². The van der Waals surface area contributed by atoms with Crippen molar-refractivity contribution in [2.24, 2.45) is 11.3 Å². The van der Waals surface area contributed by atoms with E-state index in [1.165, 1.54) is 7.11 Å². The summed E-state index contributed by atoms with van der Waals surface area (Å²) < 4.78 is 16.2. The van der Waals surface area contributed by atoms with Crippen molar-refractivity contribution in [1.29, 1.82) is 0 Å². The van der Waals surface area contributed by atoms with Gasteiger partial charge in [0, 0.05) is 12.0 Å². The maximum absolute atomic E-state index is 13.2. The van der Waals surface area contributed by atoms with Crippen LogP contribution in [0.1, 0.15) is 73.6 Å². The summed E-state index contributed by atoms with van der Waals surface area (Å²) in [6, 6.07) is -1.36. The standard InChI is InChI=1S/C24H38N2O6/c1-9-15-13-16-18(26(15)22(29)30-8)11-10-12-19(16)31-20(27)17(14-23(2,3)4)25-21(28)32-24(5,6)7/h1,15-19H,10-14H2,2-8H3,(H,25,28)/t15?,16-,17?,18-,19+/m1/s1. The monoisotopic (exact) mass is 450 g/mol. The van der Waals surface area contributed by atoms with Crippen LogP contribution in [-0.2, 0) is 19.0 Å². The maximum Gasteiger partial charge on any atom is 0.410 e. The van der Waals surface area contributed by atoms with Gasteiger partial charge >= 0.3 is 18.2 Å². The summed E-state index contributed by atoms with van der Waals surface area (Å²) in [5.74, 6) is 2.11. The van der Waals surface area contributed by atoms with E-state index in [2.05, 4.69) is 11.2 Å². The summed E-state index contributed by atoms with van der Waals surface area (Å²) in [7, 11) is 1.34. The van der Waals surface area contributed by atoms with Gasteiger partial charge in [0.15, 0.2) is 0 Å². The van der Waals surface area contributed by atoms with Crippen LogP contribution in [0.15, 0.2) is 0 Å². The van der Waals surface area contributed by atoms with Crippen LogP contribution in [0.25, 0.3) is 0 Å². The lowest BCUT2D eigenvalue weighted by Crippen LogP contribution is -2.49. The van der Waals surface area contributed by atoms with Gasteiger partial charge in [-0.1, -0.05) is 26.7 Å². The predicted molar refractivity (Wildman–Crippen MR) is 120 cm³/mol. The molecule has 0 radical (unpaired) electrons. The Morgan fingerprint density at radius 3 is 2.34 bits per heavy atom. The number of carbonyl (C=O) groups excluding carboxylic acids is 3. The summed E-state index contributed by atoms with van der Waals surface area (Å²) >= 11 is 0. The van der Waals surface area contributed by atoms with Gasteiger partial charge in [-0.15, -0.1) is 6.42 Å². The van der Waals surface area contributed by atoms with E-state index in [0.717, 1.165) is 12.8 Å². The molecule has 2 fully saturated rings. The second-order valence-corrected chi connectivity index (χ2v) is 10.9. The summed E-state index contributed by atoms with van der Waals surface area (Å²) in [6.07, 6.45) is 7.40. The number of hydrogen-bond donors (Lipinski definition) is 1. The van der Waals surface area contributed by atoms with Crippen molar-refractivity contribution in [3.05, 3.63) is 0 Å². The number of nitrogens with zero attached hydrogens (tertiary/aromatic N) is 1. The maximum atomic E-state index is 13.2. The second-order valence-electron chi connectivity index (χ2n) is 10.9. The number of likely N-dealkylation sites (tertiary alicyclic amines) is 1. The van der Waals surface area contributed by atoms with E-state index in [1.54, 1.807) is 25.7 Å². The Kier molecular flexibility index (Phi) is 8.08. The number of carbonyl (C=O) groups is 3. The van der Waals surface area contributed by atoms with Crippen molar-refractivity contribution < 1.29 is 28.6 Å².